The molecule has 0 saturated carbocycles. The molecule has 2 aliphatic rings. The van der Waals surface area contributed by atoms with Crippen LogP contribution in [0.1, 0.15) is 47.0 Å². The van der Waals surface area contributed by atoms with E-state index < -0.39 is 5.79 Å². The molecule has 3 nitrogen and oxygen atoms in total. The first-order valence-electron chi connectivity index (χ1n) is 6.08. The fourth-order valence-corrected chi connectivity index (χ4v) is 2.72. The van der Waals surface area contributed by atoms with E-state index in [0.717, 1.165) is 6.42 Å². The molecule has 2 aliphatic heterocycles. The average molecular weight is 214 g/mol. The van der Waals surface area contributed by atoms with Crippen molar-refractivity contribution >= 4 is 0 Å². The van der Waals surface area contributed by atoms with Crippen molar-refractivity contribution in [3.8, 4) is 0 Å². The van der Waals surface area contributed by atoms with E-state index in [0.29, 0.717) is 12.0 Å². The monoisotopic (exact) mass is 214 g/mol. The number of hydrogen-bond donors (Lipinski definition) is 0. The van der Waals surface area contributed by atoms with Crippen molar-refractivity contribution in [2.45, 2.75) is 71.2 Å². The van der Waals surface area contributed by atoms with Crippen molar-refractivity contribution in [3.63, 3.8) is 0 Å². The molecule has 0 spiro atoms. The molecule has 2 fully saturated rings. The molecule has 3 heteroatoms. The molecule has 0 aromatic carbocycles. The highest BCUT2D eigenvalue weighted by atomic mass is 16.8. The maximum atomic E-state index is 5.92. The predicted octanol–water partition coefficient (Wildman–Crippen LogP) is 2.69. The molecule has 0 aromatic rings. The Bertz CT molecular complexity index is 227. The van der Waals surface area contributed by atoms with Crippen LogP contribution in [-0.2, 0) is 14.2 Å². The summed E-state index contributed by atoms with van der Waals surface area (Å²) in [5.41, 5.74) is 0. The smallest absolute Gasteiger partial charge is 0.187 e. The van der Waals surface area contributed by atoms with E-state index in [4.69, 9.17) is 14.2 Å². The third-order valence-corrected chi connectivity index (χ3v) is 3.32. The zero-order valence-corrected chi connectivity index (χ0v) is 10.2. The Kier molecular flexibility index (Phi) is 3.06. The summed E-state index contributed by atoms with van der Waals surface area (Å²) in [4.78, 5) is 0. The summed E-state index contributed by atoms with van der Waals surface area (Å²) < 4.78 is 17.5. The lowest BCUT2D eigenvalue weighted by Crippen LogP contribution is -2.29. The van der Waals surface area contributed by atoms with Gasteiger partial charge in [0, 0.05) is 5.92 Å². The van der Waals surface area contributed by atoms with Gasteiger partial charge >= 0.3 is 0 Å². The fraction of sp³-hybridized carbons (Fsp3) is 1.00. The second kappa shape index (κ2) is 4.04. The highest BCUT2D eigenvalue weighted by Gasteiger charge is 2.53. The third-order valence-electron chi connectivity index (χ3n) is 3.32. The summed E-state index contributed by atoms with van der Waals surface area (Å²) in [6, 6.07) is 0. The molecular formula is C12H22O3. The van der Waals surface area contributed by atoms with Gasteiger partial charge in [0.25, 0.3) is 0 Å². The largest absolute Gasteiger partial charge is 0.346 e. The fourth-order valence-electron chi connectivity index (χ4n) is 2.72. The lowest BCUT2D eigenvalue weighted by atomic mass is 9.92. The molecule has 2 rings (SSSR count). The van der Waals surface area contributed by atoms with Gasteiger partial charge in [-0.3, -0.25) is 0 Å². The third kappa shape index (κ3) is 2.05. The van der Waals surface area contributed by atoms with Crippen LogP contribution in [0.2, 0.25) is 0 Å². The van der Waals surface area contributed by atoms with Crippen molar-refractivity contribution in [1.29, 1.82) is 0 Å². The minimum Gasteiger partial charge on any atom is -0.346 e. The van der Waals surface area contributed by atoms with E-state index in [9.17, 15) is 0 Å². The van der Waals surface area contributed by atoms with Crippen molar-refractivity contribution in [2.75, 3.05) is 0 Å². The topological polar surface area (TPSA) is 27.7 Å². The van der Waals surface area contributed by atoms with Gasteiger partial charge in [-0.1, -0.05) is 20.3 Å². The van der Waals surface area contributed by atoms with Crippen LogP contribution in [-0.4, -0.2) is 24.3 Å². The number of rotatable bonds is 3. The standard InChI is InChI=1S/C12H22O3/c1-5-7-8-9(6-2)13-11-10(8)14-12(3,4)15-11/h8-11H,5-7H2,1-4H3/t8-,9-,10-,11-/m1/s1. The molecule has 88 valence electrons. The molecule has 0 aromatic heterocycles. The Balaban J connectivity index is 2.07. The molecule has 0 amide bonds. The summed E-state index contributed by atoms with van der Waals surface area (Å²) in [5, 5.41) is 0. The zero-order valence-electron chi connectivity index (χ0n) is 10.2. The summed E-state index contributed by atoms with van der Waals surface area (Å²) in [5.74, 6) is 0.0341. The van der Waals surface area contributed by atoms with Crippen molar-refractivity contribution in [2.24, 2.45) is 5.92 Å². The van der Waals surface area contributed by atoms with E-state index >= 15 is 0 Å². The molecule has 4 atom stereocenters. The summed E-state index contributed by atoms with van der Waals surface area (Å²) in [7, 11) is 0. The van der Waals surface area contributed by atoms with Crippen LogP contribution in [0.25, 0.3) is 0 Å². The molecule has 0 radical (unpaired) electrons. The molecule has 15 heavy (non-hydrogen) atoms. The normalized spacial score (nSPS) is 43.2. The number of hydrogen-bond acceptors (Lipinski definition) is 3. The van der Waals surface area contributed by atoms with E-state index in [1.807, 2.05) is 13.8 Å². The van der Waals surface area contributed by atoms with Crippen LogP contribution in [0.5, 0.6) is 0 Å². The van der Waals surface area contributed by atoms with Crippen LogP contribution in [0.3, 0.4) is 0 Å². The first kappa shape index (κ1) is 11.4. The van der Waals surface area contributed by atoms with E-state index in [2.05, 4.69) is 13.8 Å². The Morgan fingerprint density at radius 3 is 2.47 bits per heavy atom. The summed E-state index contributed by atoms with van der Waals surface area (Å²) in [6.45, 7) is 8.29. The minimum atomic E-state index is -0.472. The first-order chi connectivity index (χ1) is 7.07. The molecule has 0 bridgehead atoms. The summed E-state index contributed by atoms with van der Waals surface area (Å²) >= 11 is 0. The molecule has 2 saturated heterocycles. The SMILES string of the molecule is CCC[C@H]1[C@H]2OC(C)(C)O[C@H]2O[C@@H]1CC. The van der Waals surface area contributed by atoms with Crippen molar-refractivity contribution in [3.05, 3.63) is 0 Å². The maximum Gasteiger partial charge on any atom is 0.187 e. The second-order valence-corrected chi connectivity index (χ2v) is 5.00. The Labute approximate surface area is 92.1 Å². The van der Waals surface area contributed by atoms with Gasteiger partial charge in [-0.15, -0.1) is 0 Å². The van der Waals surface area contributed by atoms with Crippen LogP contribution in [0, 0.1) is 5.92 Å². The molecule has 0 N–H and O–H groups in total. The van der Waals surface area contributed by atoms with E-state index in [1.54, 1.807) is 0 Å². The van der Waals surface area contributed by atoms with Crippen LogP contribution >= 0.6 is 0 Å². The van der Waals surface area contributed by atoms with Gasteiger partial charge in [-0.2, -0.15) is 0 Å². The predicted molar refractivity (Wildman–Crippen MR) is 57.4 cm³/mol. The van der Waals surface area contributed by atoms with Crippen LogP contribution < -0.4 is 0 Å². The van der Waals surface area contributed by atoms with Gasteiger partial charge < -0.3 is 14.2 Å². The molecule has 2 heterocycles. The van der Waals surface area contributed by atoms with Gasteiger partial charge in [0.05, 0.1) is 6.10 Å². The minimum absolute atomic E-state index is 0.138. The second-order valence-electron chi connectivity index (χ2n) is 5.00. The lowest BCUT2D eigenvalue weighted by molar-refractivity contribution is -0.210. The molecular weight excluding hydrogens is 192 g/mol. The van der Waals surface area contributed by atoms with Crippen molar-refractivity contribution in [1.82, 2.24) is 0 Å². The van der Waals surface area contributed by atoms with E-state index in [-0.39, 0.29) is 12.4 Å². The van der Waals surface area contributed by atoms with Crippen LogP contribution in [0.15, 0.2) is 0 Å². The van der Waals surface area contributed by atoms with Gasteiger partial charge in [0.15, 0.2) is 12.1 Å². The van der Waals surface area contributed by atoms with Gasteiger partial charge in [-0.25, -0.2) is 0 Å². The Morgan fingerprint density at radius 1 is 1.13 bits per heavy atom. The van der Waals surface area contributed by atoms with Crippen molar-refractivity contribution < 1.29 is 14.2 Å². The van der Waals surface area contributed by atoms with Gasteiger partial charge in [0.2, 0.25) is 0 Å². The highest BCUT2D eigenvalue weighted by molar-refractivity contribution is 4.91. The van der Waals surface area contributed by atoms with Crippen LogP contribution in [0.4, 0.5) is 0 Å². The molecule has 0 aliphatic carbocycles. The quantitative estimate of drug-likeness (QED) is 0.723. The van der Waals surface area contributed by atoms with Gasteiger partial charge in [0.1, 0.15) is 6.10 Å². The maximum absolute atomic E-state index is 5.92. The average Bonchev–Trinajstić information content (AvgIpc) is 2.60. The summed E-state index contributed by atoms with van der Waals surface area (Å²) in [6.07, 6.45) is 3.71. The Hall–Kier alpha value is -0.120. The Morgan fingerprint density at radius 2 is 1.87 bits per heavy atom. The highest BCUT2D eigenvalue weighted by Crippen LogP contribution is 2.43. The van der Waals surface area contributed by atoms with E-state index in [1.165, 1.54) is 12.8 Å². The number of ether oxygens (including phenoxy) is 3. The van der Waals surface area contributed by atoms with Gasteiger partial charge in [-0.05, 0) is 26.7 Å². The number of fused-ring (bicyclic) bond motifs is 1. The molecule has 0 unspecified atom stereocenters. The lowest BCUT2D eigenvalue weighted by Gasteiger charge is -2.24. The first-order valence-corrected chi connectivity index (χ1v) is 6.08. The zero-order chi connectivity index (χ0) is 11.1.